The standard InChI is InChI=1S/C22H26N2O/c1-17-19(18-7-3-2-4-8-18)9-5-10-20(17)24-15-13-22(14-16-24)12-6-11-21(25)23-22/h2-5,7-10H,6,11-16H2,1H3,(H,23,25). The van der Waals surface area contributed by atoms with E-state index in [2.05, 4.69) is 65.7 Å². The van der Waals surface area contributed by atoms with E-state index in [1.807, 2.05) is 0 Å². The molecule has 1 N–H and O–H groups in total. The molecule has 0 radical (unpaired) electrons. The molecule has 0 aliphatic carbocycles. The zero-order valence-corrected chi connectivity index (χ0v) is 14.9. The second-order valence-corrected chi connectivity index (χ2v) is 7.48. The van der Waals surface area contributed by atoms with Gasteiger partial charge in [-0.2, -0.15) is 0 Å². The maximum Gasteiger partial charge on any atom is 0.220 e. The summed E-state index contributed by atoms with van der Waals surface area (Å²) in [6, 6.07) is 17.2. The molecular weight excluding hydrogens is 308 g/mol. The van der Waals surface area contributed by atoms with Crippen LogP contribution in [0, 0.1) is 6.92 Å². The van der Waals surface area contributed by atoms with Crippen LogP contribution in [0.1, 0.15) is 37.7 Å². The molecular formula is C22H26N2O. The van der Waals surface area contributed by atoms with Gasteiger partial charge in [0.05, 0.1) is 0 Å². The average molecular weight is 334 g/mol. The molecule has 2 heterocycles. The minimum atomic E-state index is 0.0524. The fourth-order valence-electron chi connectivity index (χ4n) is 4.46. The highest BCUT2D eigenvalue weighted by Gasteiger charge is 2.38. The molecule has 1 spiro atoms. The van der Waals surface area contributed by atoms with Crippen LogP contribution in [-0.2, 0) is 4.79 Å². The quantitative estimate of drug-likeness (QED) is 0.888. The molecule has 130 valence electrons. The Morgan fingerprint density at radius 1 is 0.960 bits per heavy atom. The number of carbonyl (C=O) groups is 1. The lowest BCUT2D eigenvalue weighted by Gasteiger charge is -2.45. The first-order valence-electron chi connectivity index (χ1n) is 9.38. The predicted molar refractivity (Wildman–Crippen MR) is 103 cm³/mol. The number of anilines is 1. The van der Waals surface area contributed by atoms with Crippen molar-refractivity contribution in [1.29, 1.82) is 0 Å². The fraction of sp³-hybridized carbons (Fsp3) is 0.409. The molecule has 4 rings (SSSR count). The lowest BCUT2D eigenvalue weighted by atomic mass is 9.80. The summed E-state index contributed by atoms with van der Waals surface area (Å²) in [6.07, 6.45) is 4.97. The van der Waals surface area contributed by atoms with Crippen molar-refractivity contribution in [2.45, 2.75) is 44.6 Å². The second kappa shape index (κ2) is 6.55. The topological polar surface area (TPSA) is 32.3 Å². The first kappa shape index (κ1) is 16.2. The van der Waals surface area contributed by atoms with Gasteiger partial charge in [0.2, 0.25) is 5.91 Å². The summed E-state index contributed by atoms with van der Waals surface area (Å²) in [5, 5.41) is 3.29. The summed E-state index contributed by atoms with van der Waals surface area (Å²) < 4.78 is 0. The van der Waals surface area contributed by atoms with Gasteiger partial charge in [-0.3, -0.25) is 4.79 Å². The van der Waals surface area contributed by atoms with Gasteiger partial charge in [-0.15, -0.1) is 0 Å². The SMILES string of the molecule is Cc1c(-c2ccccc2)cccc1N1CCC2(CCCC(=O)N2)CC1. The van der Waals surface area contributed by atoms with Gasteiger partial charge in [-0.25, -0.2) is 0 Å². The number of nitrogens with one attached hydrogen (secondary N) is 1. The number of rotatable bonds is 2. The third-order valence-corrected chi connectivity index (χ3v) is 5.91. The van der Waals surface area contributed by atoms with Gasteiger partial charge in [0, 0.05) is 30.7 Å². The van der Waals surface area contributed by atoms with Crippen molar-refractivity contribution < 1.29 is 4.79 Å². The molecule has 3 heteroatoms. The van der Waals surface area contributed by atoms with Crippen LogP contribution in [0.3, 0.4) is 0 Å². The van der Waals surface area contributed by atoms with Crippen LogP contribution in [-0.4, -0.2) is 24.5 Å². The highest BCUT2D eigenvalue weighted by Crippen LogP contribution is 2.36. The smallest absolute Gasteiger partial charge is 0.220 e. The molecule has 2 aromatic rings. The molecule has 0 bridgehead atoms. The summed E-state index contributed by atoms with van der Waals surface area (Å²) in [5.74, 6) is 0.238. The monoisotopic (exact) mass is 334 g/mol. The maximum absolute atomic E-state index is 11.8. The minimum absolute atomic E-state index is 0.0524. The third kappa shape index (κ3) is 3.15. The summed E-state index contributed by atoms with van der Waals surface area (Å²) in [6.45, 7) is 4.25. The predicted octanol–water partition coefficient (Wildman–Crippen LogP) is 4.30. The molecule has 3 nitrogen and oxygen atoms in total. The van der Waals surface area contributed by atoms with Gasteiger partial charge in [-0.05, 0) is 55.4 Å². The van der Waals surface area contributed by atoms with E-state index in [4.69, 9.17) is 0 Å². The number of piperidine rings is 2. The van der Waals surface area contributed by atoms with E-state index in [1.165, 1.54) is 22.4 Å². The largest absolute Gasteiger partial charge is 0.371 e. The second-order valence-electron chi connectivity index (χ2n) is 7.48. The molecule has 2 fully saturated rings. The Labute approximate surface area is 150 Å². The van der Waals surface area contributed by atoms with Gasteiger partial charge in [0.1, 0.15) is 0 Å². The Morgan fingerprint density at radius 3 is 2.44 bits per heavy atom. The van der Waals surface area contributed by atoms with Crippen molar-refractivity contribution in [2.75, 3.05) is 18.0 Å². The van der Waals surface area contributed by atoms with Crippen molar-refractivity contribution in [3.63, 3.8) is 0 Å². The van der Waals surface area contributed by atoms with Crippen LogP contribution in [0.5, 0.6) is 0 Å². The summed E-state index contributed by atoms with van der Waals surface area (Å²) in [5.41, 5.74) is 5.31. The lowest BCUT2D eigenvalue weighted by Crippen LogP contribution is -2.57. The van der Waals surface area contributed by atoms with Gasteiger partial charge in [-0.1, -0.05) is 42.5 Å². The van der Waals surface area contributed by atoms with Gasteiger partial charge < -0.3 is 10.2 Å². The molecule has 0 unspecified atom stereocenters. The van der Waals surface area contributed by atoms with E-state index in [1.54, 1.807) is 0 Å². The highest BCUT2D eigenvalue weighted by molar-refractivity contribution is 5.78. The Kier molecular flexibility index (Phi) is 4.24. The van der Waals surface area contributed by atoms with Gasteiger partial charge in [0.25, 0.3) is 0 Å². The fourth-order valence-corrected chi connectivity index (χ4v) is 4.46. The van der Waals surface area contributed by atoms with E-state index >= 15 is 0 Å². The van der Waals surface area contributed by atoms with E-state index in [0.29, 0.717) is 6.42 Å². The Balaban J connectivity index is 1.55. The van der Waals surface area contributed by atoms with Crippen molar-refractivity contribution in [3.8, 4) is 11.1 Å². The molecule has 0 atom stereocenters. The number of benzene rings is 2. The van der Waals surface area contributed by atoms with Crippen LogP contribution >= 0.6 is 0 Å². The van der Waals surface area contributed by atoms with Gasteiger partial charge >= 0.3 is 0 Å². The van der Waals surface area contributed by atoms with E-state index in [-0.39, 0.29) is 11.4 Å². The summed E-state index contributed by atoms with van der Waals surface area (Å²) in [7, 11) is 0. The number of amides is 1. The number of hydrogen-bond donors (Lipinski definition) is 1. The van der Waals surface area contributed by atoms with E-state index in [9.17, 15) is 4.79 Å². The first-order chi connectivity index (χ1) is 12.2. The number of hydrogen-bond acceptors (Lipinski definition) is 2. The third-order valence-electron chi connectivity index (χ3n) is 5.91. The first-order valence-corrected chi connectivity index (χ1v) is 9.38. The molecule has 2 saturated heterocycles. The number of nitrogens with zero attached hydrogens (tertiary/aromatic N) is 1. The molecule has 1 amide bonds. The van der Waals surface area contributed by atoms with Crippen molar-refractivity contribution in [3.05, 3.63) is 54.1 Å². The van der Waals surface area contributed by atoms with Crippen LogP contribution in [0.4, 0.5) is 5.69 Å². The minimum Gasteiger partial charge on any atom is -0.371 e. The lowest BCUT2D eigenvalue weighted by molar-refractivity contribution is -0.125. The average Bonchev–Trinajstić information content (AvgIpc) is 2.64. The molecule has 0 aromatic heterocycles. The maximum atomic E-state index is 11.8. The zero-order chi connectivity index (χ0) is 17.3. The molecule has 2 aliphatic heterocycles. The highest BCUT2D eigenvalue weighted by atomic mass is 16.1. The Hall–Kier alpha value is -2.29. The van der Waals surface area contributed by atoms with Crippen molar-refractivity contribution in [1.82, 2.24) is 5.32 Å². The molecule has 25 heavy (non-hydrogen) atoms. The number of carbonyl (C=O) groups excluding carboxylic acids is 1. The van der Waals surface area contributed by atoms with Crippen LogP contribution in [0.15, 0.2) is 48.5 Å². The Morgan fingerprint density at radius 2 is 1.72 bits per heavy atom. The normalized spacial score (nSPS) is 19.7. The zero-order valence-electron chi connectivity index (χ0n) is 14.9. The van der Waals surface area contributed by atoms with Gasteiger partial charge in [0.15, 0.2) is 0 Å². The van der Waals surface area contributed by atoms with Crippen LogP contribution in [0.25, 0.3) is 11.1 Å². The van der Waals surface area contributed by atoms with Crippen LogP contribution < -0.4 is 10.2 Å². The Bertz CT molecular complexity index is 761. The van der Waals surface area contributed by atoms with E-state index in [0.717, 1.165) is 38.8 Å². The summed E-state index contributed by atoms with van der Waals surface area (Å²) >= 11 is 0. The summed E-state index contributed by atoms with van der Waals surface area (Å²) in [4.78, 5) is 14.3. The molecule has 2 aliphatic rings. The van der Waals surface area contributed by atoms with Crippen molar-refractivity contribution >= 4 is 11.6 Å². The van der Waals surface area contributed by atoms with Crippen molar-refractivity contribution in [2.24, 2.45) is 0 Å². The molecule has 2 aromatic carbocycles. The van der Waals surface area contributed by atoms with Crippen LogP contribution in [0.2, 0.25) is 0 Å². The molecule has 0 saturated carbocycles. The van der Waals surface area contributed by atoms with E-state index < -0.39 is 0 Å².